The molecule has 0 N–H and O–H groups in total. The molecule has 1 aromatic carbocycles. The molecule has 6 nitrogen and oxygen atoms in total. The number of benzene rings is 1. The molecule has 0 radical (unpaired) electrons. The van der Waals surface area contributed by atoms with Gasteiger partial charge in [0.15, 0.2) is 10.8 Å². The third-order valence-electron chi connectivity index (χ3n) is 3.26. The molecule has 3 aromatic rings. The van der Waals surface area contributed by atoms with Gasteiger partial charge in [-0.05, 0) is 37.6 Å². The third kappa shape index (κ3) is 3.40. The average Bonchev–Trinajstić information content (AvgIpc) is 3.15. The Labute approximate surface area is 136 Å². The van der Waals surface area contributed by atoms with Gasteiger partial charge in [-0.2, -0.15) is 0 Å². The Hall–Kier alpha value is -2.67. The van der Waals surface area contributed by atoms with Crippen molar-refractivity contribution in [2.24, 2.45) is 0 Å². The molecule has 3 rings (SSSR count). The quantitative estimate of drug-likeness (QED) is 0.508. The summed E-state index contributed by atoms with van der Waals surface area (Å²) in [7, 11) is 0. The summed E-state index contributed by atoms with van der Waals surface area (Å²) in [5.74, 6) is 2.05. The molecule has 0 aliphatic heterocycles. The van der Waals surface area contributed by atoms with Gasteiger partial charge in [-0.15, -0.1) is 11.3 Å². The highest BCUT2D eigenvalue weighted by Gasteiger charge is 2.12. The SMILES string of the molecule is Cc1ccc(-c2nc(COc3cc([N+](=O)[O-])ccc3C)cs2)o1. The van der Waals surface area contributed by atoms with E-state index in [0.717, 1.165) is 27.8 Å². The van der Waals surface area contributed by atoms with Gasteiger partial charge < -0.3 is 9.15 Å². The molecule has 2 heterocycles. The first-order valence-corrected chi connectivity index (χ1v) is 7.80. The molecule has 0 saturated carbocycles. The van der Waals surface area contributed by atoms with Gasteiger partial charge >= 0.3 is 0 Å². The van der Waals surface area contributed by atoms with E-state index in [-0.39, 0.29) is 12.3 Å². The van der Waals surface area contributed by atoms with E-state index in [0.29, 0.717) is 5.75 Å². The van der Waals surface area contributed by atoms with Crippen LogP contribution in [0.1, 0.15) is 17.0 Å². The maximum atomic E-state index is 10.8. The van der Waals surface area contributed by atoms with Crippen molar-refractivity contribution >= 4 is 17.0 Å². The Morgan fingerprint density at radius 3 is 2.83 bits per heavy atom. The molecular formula is C16H14N2O4S. The Morgan fingerprint density at radius 2 is 2.13 bits per heavy atom. The molecule has 0 unspecified atom stereocenters. The van der Waals surface area contributed by atoms with Crippen LogP contribution < -0.4 is 4.74 Å². The van der Waals surface area contributed by atoms with Gasteiger partial charge in [0, 0.05) is 11.4 Å². The zero-order chi connectivity index (χ0) is 16.4. The second kappa shape index (κ2) is 6.21. The summed E-state index contributed by atoms with van der Waals surface area (Å²) in [6.07, 6.45) is 0. The van der Waals surface area contributed by atoms with Crippen molar-refractivity contribution in [3.63, 3.8) is 0 Å². The van der Waals surface area contributed by atoms with E-state index in [4.69, 9.17) is 9.15 Å². The van der Waals surface area contributed by atoms with E-state index >= 15 is 0 Å². The van der Waals surface area contributed by atoms with Crippen LogP contribution in [0.5, 0.6) is 5.75 Å². The molecule has 2 aromatic heterocycles. The minimum Gasteiger partial charge on any atom is -0.487 e. The van der Waals surface area contributed by atoms with Gasteiger partial charge in [0.1, 0.15) is 18.1 Å². The molecule has 0 atom stereocenters. The molecule has 0 aliphatic rings. The van der Waals surface area contributed by atoms with Crippen molar-refractivity contribution in [1.29, 1.82) is 0 Å². The minimum absolute atomic E-state index is 0.00984. The smallest absolute Gasteiger partial charge is 0.273 e. The van der Waals surface area contributed by atoms with Gasteiger partial charge in [0.2, 0.25) is 0 Å². The lowest BCUT2D eigenvalue weighted by molar-refractivity contribution is -0.385. The number of nitro benzene ring substituents is 1. The highest BCUT2D eigenvalue weighted by Crippen LogP contribution is 2.28. The molecule has 7 heteroatoms. The molecule has 118 valence electrons. The lowest BCUT2D eigenvalue weighted by Gasteiger charge is -2.07. The summed E-state index contributed by atoms with van der Waals surface area (Å²) in [6, 6.07) is 8.33. The van der Waals surface area contributed by atoms with Crippen molar-refractivity contribution in [3.05, 3.63) is 62.8 Å². The van der Waals surface area contributed by atoms with Crippen molar-refractivity contribution in [2.75, 3.05) is 0 Å². The predicted molar refractivity (Wildman–Crippen MR) is 86.7 cm³/mol. The molecule has 0 amide bonds. The average molecular weight is 330 g/mol. The van der Waals surface area contributed by atoms with Gasteiger partial charge in [-0.1, -0.05) is 0 Å². The molecule has 23 heavy (non-hydrogen) atoms. The first-order chi connectivity index (χ1) is 11.0. The number of hydrogen-bond acceptors (Lipinski definition) is 6. The van der Waals surface area contributed by atoms with Crippen LogP contribution in [0.3, 0.4) is 0 Å². The van der Waals surface area contributed by atoms with E-state index in [1.54, 1.807) is 6.07 Å². The number of hydrogen-bond donors (Lipinski definition) is 0. The number of ether oxygens (including phenoxy) is 1. The number of nitrogens with zero attached hydrogens (tertiary/aromatic N) is 2. The second-order valence-electron chi connectivity index (χ2n) is 5.05. The topological polar surface area (TPSA) is 78.4 Å². The van der Waals surface area contributed by atoms with Crippen molar-refractivity contribution < 1.29 is 14.1 Å². The second-order valence-corrected chi connectivity index (χ2v) is 5.91. The first-order valence-electron chi connectivity index (χ1n) is 6.92. The minimum atomic E-state index is -0.438. The van der Waals surface area contributed by atoms with Crippen LogP contribution in [-0.4, -0.2) is 9.91 Å². The number of non-ortho nitro benzene ring substituents is 1. The lowest BCUT2D eigenvalue weighted by atomic mass is 10.2. The van der Waals surface area contributed by atoms with Gasteiger partial charge in [0.25, 0.3) is 5.69 Å². The largest absolute Gasteiger partial charge is 0.487 e. The Morgan fingerprint density at radius 1 is 1.30 bits per heavy atom. The molecule has 0 saturated heterocycles. The maximum Gasteiger partial charge on any atom is 0.273 e. The predicted octanol–water partition coefficient (Wildman–Crippen LogP) is 4.51. The van der Waals surface area contributed by atoms with E-state index in [9.17, 15) is 10.1 Å². The lowest BCUT2D eigenvalue weighted by Crippen LogP contribution is -1.98. The molecule has 0 aliphatic carbocycles. The summed E-state index contributed by atoms with van der Waals surface area (Å²) in [5, 5.41) is 13.5. The van der Waals surface area contributed by atoms with Gasteiger partial charge in [-0.25, -0.2) is 4.98 Å². The van der Waals surface area contributed by atoms with Crippen LogP contribution in [0.25, 0.3) is 10.8 Å². The maximum absolute atomic E-state index is 10.8. The van der Waals surface area contributed by atoms with Gasteiger partial charge in [0.05, 0.1) is 16.7 Å². The number of rotatable bonds is 5. The summed E-state index contributed by atoms with van der Waals surface area (Å²) >= 11 is 1.47. The molecule has 0 bridgehead atoms. The van der Waals surface area contributed by atoms with Crippen LogP contribution in [0, 0.1) is 24.0 Å². The number of furan rings is 1. The number of nitro groups is 1. The zero-order valence-electron chi connectivity index (χ0n) is 12.6. The summed E-state index contributed by atoms with van der Waals surface area (Å²) in [4.78, 5) is 14.9. The van der Waals surface area contributed by atoms with Crippen molar-refractivity contribution in [2.45, 2.75) is 20.5 Å². The highest BCUT2D eigenvalue weighted by atomic mass is 32.1. The van der Waals surface area contributed by atoms with E-state index in [1.165, 1.54) is 23.5 Å². The molecule has 0 fully saturated rings. The summed E-state index contributed by atoms with van der Waals surface area (Å²) in [6.45, 7) is 3.97. The normalized spacial score (nSPS) is 10.7. The van der Waals surface area contributed by atoms with E-state index < -0.39 is 4.92 Å². The first kappa shape index (κ1) is 15.2. The Bertz CT molecular complexity index is 853. The van der Waals surface area contributed by atoms with Crippen molar-refractivity contribution in [1.82, 2.24) is 4.98 Å². The number of thiazole rings is 1. The van der Waals surface area contributed by atoms with Crippen LogP contribution in [-0.2, 0) is 6.61 Å². The van der Waals surface area contributed by atoms with Gasteiger partial charge in [-0.3, -0.25) is 10.1 Å². The monoisotopic (exact) mass is 330 g/mol. The van der Waals surface area contributed by atoms with Crippen LogP contribution in [0.4, 0.5) is 5.69 Å². The number of aryl methyl sites for hydroxylation is 2. The highest BCUT2D eigenvalue weighted by molar-refractivity contribution is 7.13. The summed E-state index contributed by atoms with van der Waals surface area (Å²) in [5.41, 5.74) is 1.60. The van der Waals surface area contributed by atoms with E-state index in [2.05, 4.69) is 4.98 Å². The zero-order valence-corrected chi connectivity index (χ0v) is 13.4. The standard InChI is InChI=1S/C16H14N2O4S/c1-10-3-5-13(18(19)20)7-15(10)21-8-12-9-23-16(17-12)14-6-4-11(2)22-14/h3-7,9H,8H2,1-2H3. The molecular weight excluding hydrogens is 316 g/mol. The van der Waals surface area contributed by atoms with Crippen LogP contribution in [0.15, 0.2) is 40.1 Å². The van der Waals surface area contributed by atoms with Crippen molar-refractivity contribution in [3.8, 4) is 16.5 Å². The fraction of sp³-hybridized carbons (Fsp3) is 0.188. The Balaban J connectivity index is 1.73. The fourth-order valence-electron chi connectivity index (χ4n) is 2.05. The van der Waals surface area contributed by atoms with Crippen LogP contribution in [0.2, 0.25) is 0 Å². The van der Waals surface area contributed by atoms with E-state index in [1.807, 2.05) is 31.4 Å². The number of aromatic nitrogens is 1. The van der Waals surface area contributed by atoms with Crippen LogP contribution >= 0.6 is 11.3 Å². The Kier molecular flexibility index (Phi) is 4.12. The fourth-order valence-corrected chi connectivity index (χ4v) is 2.81. The molecule has 0 spiro atoms. The third-order valence-corrected chi connectivity index (χ3v) is 4.17. The summed E-state index contributed by atoms with van der Waals surface area (Å²) < 4.78 is 11.2.